The number of nitrogens with one attached hydrogen (secondary N) is 2. The van der Waals surface area contributed by atoms with Crippen LogP contribution in [0, 0.1) is 20.8 Å². The fourth-order valence-electron chi connectivity index (χ4n) is 3.40. The van der Waals surface area contributed by atoms with Crippen molar-refractivity contribution in [1.29, 1.82) is 0 Å². The van der Waals surface area contributed by atoms with Crippen molar-refractivity contribution in [2.45, 2.75) is 39.7 Å². The second kappa shape index (κ2) is 8.53. The molecule has 2 aromatic rings. The van der Waals surface area contributed by atoms with Gasteiger partial charge in [0.05, 0.1) is 0 Å². The van der Waals surface area contributed by atoms with E-state index >= 15 is 0 Å². The predicted octanol–water partition coefficient (Wildman–Crippen LogP) is 4.20. The summed E-state index contributed by atoms with van der Waals surface area (Å²) in [5.41, 5.74) is 5.30. The summed E-state index contributed by atoms with van der Waals surface area (Å²) in [5, 5.41) is 7.31. The number of carbonyl (C=O) groups is 1. The van der Waals surface area contributed by atoms with E-state index in [0.29, 0.717) is 0 Å². The summed E-state index contributed by atoms with van der Waals surface area (Å²) in [6.07, 6.45) is 1.79. The highest BCUT2D eigenvalue weighted by Gasteiger charge is 2.23. The quantitative estimate of drug-likeness (QED) is 0.782. The summed E-state index contributed by atoms with van der Waals surface area (Å²) >= 11 is 5.61. The maximum Gasteiger partial charge on any atom is 0.251 e. The molecule has 0 aliphatic carbocycles. The van der Waals surface area contributed by atoms with Gasteiger partial charge in [-0.05, 0) is 74.7 Å². The molecule has 0 aromatic heterocycles. The standard InChI is InChI=1S/C22H27N3OS/c1-15-8-6-10-20(17(15)3)24-22(27)25-13-11-18(12-14-25)23-21(26)19-9-5-4-7-16(19)2/h4-10,18H,11-14H2,1-3H3,(H,23,26)(H,24,27). The van der Waals surface area contributed by atoms with Crippen molar-refractivity contribution in [2.24, 2.45) is 0 Å². The van der Waals surface area contributed by atoms with Crippen molar-refractivity contribution in [3.63, 3.8) is 0 Å². The van der Waals surface area contributed by atoms with Gasteiger partial charge in [0, 0.05) is 30.4 Å². The van der Waals surface area contributed by atoms with Crippen LogP contribution >= 0.6 is 12.2 Å². The molecule has 1 aliphatic rings. The molecule has 0 bridgehead atoms. The van der Waals surface area contributed by atoms with Gasteiger partial charge in [0.25, 0.3) is 5.91 Å². The largest absolute Gasteiger partial charge is 0.349 e. The van der Waals surface area contributed by atoms with E-state index in [1.165, 1.54) is 11.1 Å². The number of aryl methyl sites for hydroxylation is 2. The molecule has 1 aliphatic heterocycles. The van der Waals surface area contributed by atoms with Gasteiger partial charge >= 0.3 is 0 Å². The first-order chi connectivity index (χ1) is 13.0. The number of likely N-dealkylation sites (tertiary alicyclic amines) is 1. The first kappa shape index (κ1) is 19.4. The van der Waals surface area contributed by atoms with Gasteiger partial charge in [-0.15, -0.1) is 0 Å². The number of anilines is 1. The Morgan fingerprint density at radius 1 is 1.00 bits per heavy atom. The average Bonchev–Trinajstić information content (AvgIpc) is 2.66. The van der Waals surface area contributed by atoms with Crippen LogP contribution < -0.4 is 10.6 Å². The first-order valence-electron chi connectivity index (χ1n) is 9.44. The van der Waals surface area contributed by atoms with E-state index in [-0.39, 0.29) is 11.9 Å². The van der Waals surface area contributed by atoms with Gasteiger partial charge < -0.3 is 15.5 Å². The molecule has 27 heavy (non-hydrogen) atoms. The molecule has 0 radical (unpaired) electrons. The number of nitrogens with zero attached hydrogens (tertiary/aromatic N) is 1. The van der Waals surface area contributed by atoms with Crippen LogP contribution in [0.2, 0.25) is 0 Å². The molecule has 1 amide bonds. The Balaban J connectivity index is 1.52. The Morgan fingerprint density at radius 3 is 2.37 bits per heavy atom. The van der Waals surface area contributed by atoms with Crippen LogP contribution in [-0.4, -0.2) is 35.1 Å². The van der Waals surface area contributed by atoms with E-state index in [1.807, 2.05) is 37.3 Å². The van der Waals surface area contributed by atoms with Gasteiger partial charge in [-0.2, -0.15) is 0 Å². The van der Waals surface area contributed by atoms with Gasteiger partial charge in [0.1, 0.15) is 0 Å². The van der Waals surface area contributed by atoms with Crippen LogP contribution in [0.25, 0.3) is 0 Å². The second-order valence-electron chi connectivity index (χ2n) is 7.23. The van der Waals surface area contributed by atoms with E-state index < -0.39 is 0 Å². The topological polar surface area (TPSA) is 44.4 Å². The van der Waals surface area contributed by atoms with Crippen molar-refractivity contribution < 1.29 is 4.79 Å². The summed E-state index contributed by atoms with van der Waals surface area (Å²) in [4.78, 5) is 14.7. The van der Waals surface area contributed by atoms with Gasteiger partial charge in [0.2, 0.25) is 0 Å². The van der Waals surface area contributed by atoms with Crippen molar-refractivity contribution >= 4 is 28.9 Å². The molecule has 2 N–H and O–H groups in total. The lowest BCUT2D eigenvalue weighted by Crippen LogP contribution is -2.47. The lowest BCUT2D eigenvalue weighted by atomic mass is 10.0. The molecule has 1 fully saturated rings. The number of piperidine rings is 1. The number of amides is 1. The number of benzene rings is 2. The normalized spacial score (nSPS) is 14.7. The smallest absolute Gasteiger partial charge is 0.251 e. The summed E-state index contributed by atoms with van der Waals surface area (Å²) in [6.45, 7) is 7.86. The number of thiocarbonyl (C=S) groups is 1. The fraction of sp³-hybridized carbons (Fsp3) is 0.364. The molecular formula is C22H27N3OS. The molecule has 5 heteroatoms. The molecule has 2 aromatic carbocycles. The van der Waals surface area contributed by atoms with E-state index in [4.69, 9.17) is 12.2 Å². The second-order valence-corrected chi connectivity index (χ2v) is 7.61. The monoisotopic (exact) mass is 381 g/mol. The third kappa shape index (κ3) is 4.66. The number of carbonyl (C=O) groups excluding carboxylic acids is 1. The predicted molar refractivity (Wildman–Crippen MR) is 115 cm³/mol. The van der Waals surface area contributed by atoms with E-state index in [1.54, 1.807) is 0 Å². The highest BCUT2D eigenvalue weighted by Crippen LogP contribution is 2.20. The SMILES string of the molecule is Cc1ccccc1C(=O)NC1CCN(C(=S)Nc2cccc(C)c2C)CC1. The van der Waals surface area contributed by atoms with Crippen molar-refractivity contribution in [3.05, 3.63) is 64.7 Å². The Hall–Kier alpha value is -2.40. The molecule has 1 saturated heterocycles. The van der Waals surface area contributed by atoms with Crippen LogP contribution in [-0.2, 0) is 0 Å². The summed E-state index contributed by atoms with van der Waals surface area (Å²) in [7, 11) is 0. The number of hydrogen-bond acceptors (Lipinski definition) is 2. The number of hydrogen-bond donors (Lipinski definition) is 2. The molecule has 0 spiro atoms. The fourth-order valence-corrected chi connectivity index (χ4v) is 3.69. The Kier molecular flexibility index (Phi) is 6.11. The maximum atomic E-state index is 12.5. The summed E-state index contributed by atoms with van der Waals surface area (Å²) < 4.78 is 0. The van der Waals surface area contributed by atoms with Crippen LogP contribution in [0.15, 0.2) is 42.5 Å². The minimum Gasteiger partial charge on any atom is -0.349 e. The van der Waals surface area contributed by atoms with Gasteiger partial charge in [-0.3, -0.25) is 4.79 Å². The van der Waals surface area contributed by atoms with Gasteiger partial charge in [-0.1, -0.05) is 30.3 Å². The molecule has 142 valence electrons. The summed E-state index contributed by atoms with van der Waals surface area (Å²) in [5.74, 6) is 0.0163. The molecule has 3 rings (SSSR count). The molecule has 1 heterocycles. The van der Waals surface area contributed by atoms with Crippen LogP contribution in [0.5, 0.6) is 0 Å². The Bertz CT molecular complexity index is 841. The lowest BCUT2D eigenvalue weighted by Gasteiger charge is -2.34. The third-order valence-electron chi connectivity index (χ3n) is 5.35. The molecule has 0 saturated carbocycles. The Labute approximate surface area is 167 Å². The molecular weight excluding hydrogens is 354 g/mol. The van der Waals surface area contributed by atoms with Crippen LogP contribution in [0.4, 0.5) is 5.69 Å². The number of rotatable bonds is 3. The summed E-state index contributed by atoms with van der Waals surface area (Å²) in [6, 6.07) is 14.1. The molecule has 4 nitrogen and oxygen atoms in total. The minimum atomic E-state index is 0.0163. The highest BCUT2D eigenvalue weighted by atomic mass is 32.1. The van der Waals surface area contributed by atoms with Crippen LogP contribution in [0.1, 0.15) is 39.9 Å². The highest BCUT2D eigenvalue weighted by molar-refractivity contribution is 7.80. The average molecular weight is 382 g/mol. The van der Waals surface area contributed by atoms with Crippen LogP contribution in [0.3, 0.4) is 0 Å². The van der Waals surface area contributed by atoms with Crippen molar-refractivity contribution in [3.8, 4) is 0 Å². The molecule has 0 atom stereocenters. The zero-order chi connectivity index (χ0) is 19.4. The van der Waals surface area contributed by atoms with E-state index in [9.17, 15) is 4.79 Å². The van der Waals surface area contributed by atoms with Gasteiger partial charge in [-0.25, -0.2) is 0 Å². The zero-order valence-electron chi connectivity index (χ0n) is 16.2. The van der Waals surface area contributed by atoms with Crippen molar-refractivity contribution in [2.75, 3.05) is 18.4 Å². The van der Waals surface area contributed by atoms with E-state index in [2.05, 4.69) is 41.5 Å². The Morgan fingerprint density at radius 2 is 1.67 bits per heavy atom. The third-order valence-corrected chi connectivity index (χ3v) is 5.71. The first-order valence-corrected chi connectivity index (χ1v) is 9.85. The van der Waals surface area contributed by atoms with Gasteiger partial charge in [0.15, 0.2) is 5.11 Å². The van der Waals surface area contributed by atoms with E-state index in [0.717, 1.165) is 47.9 Å². The van der Waals surface area contributed by atoms with Crippen molar-refractivity contribution in [1.82, 2.24) is 10.2 Å². The maximum absolute atomic E-state index is 12.5. The lowest BCUT2D eigenvalue weighted by molar-refractivity contribution is 0.0922. The minimum absolute atomic E-state index is 0.0163. The molecule has 0 unspecified atom stereocenters. The zero-order valence-corrected chi connectivity index (χ0v) is 17.0.